The van der Waals surface area contributed by atoms with Crippen LogP contribution in [0.3, 0.4) is 0 Å². The van der Waals surface area contributed by atoms with Crippen LogP contribution in [0.25, 0.3) is 0 Å². The zero-order chi connectivity index (χ0) is 18.7. The number of amides is 1. The van der Waals surface area contributed by atoms with E-state index in [0.29, 0.717) is 6.54 Å². The first-order valence-electron chi connectivity index (χ1n) is 9.07. The Kier molecular flexibility index (Phi) is 5.16. The van der Waals surface area contributed by atoms with Gasteiger partial charge in [0.15, 0.2) is 5.75 Å². The smallest absolute Gasteiger partial charge is 0.267 e. The van der Waals surface area contributed by atoms with Gasteiger partial charge in [-0.25, -0.2) is 0 Å². The van der Waals surface area contributed by atoms with E-state index < -0.39 is 0 Å². The van der Waals surface area contributed by atoms with E-state index in [4.69, 9.17) is 4.74 Å². The van der Waals surface area contributed by atoms with Gasteiger partial charge in [-0.05, 0) is 32.3 Å². The Balaban J connectivity index is 1.80. The number of carbonyl (C=O) groups excluding carboxylic acids is 1. The van der Waals surface area contributed by atoms with Crippen molar-refractivity contribution in [1.29, 1.82) is 0 Å². The summed E-state index contributed by atoms with van der Waals surface area (Å²) in [5.41, 5.74) is 3.72. The lowest BCUT2D eigenvalue weighted by Gasteiger charge is -2.30. The molecule has 1 aromatic heterocycles. The van der Waals surface area contributed by atoms with Crippen molar-refractivity contribution in [2.45, 2.75) is 44.9 Å². The molecule has 1 aromatic carbocycles. The normalized spacial score (nSPS) is 15.7. The van der Waals surface area contributed by atoms with Crippen LogP contribution in [-0.4, -0.2) is 24.5 Å². The molecule has 0 saturated heterocycles. The van der Waals surface area contributed by atoms with Crippen LogP contribution in [0.5, 0.6) is 5.75 Å². The quantitative estimate of drug-likeness (QED) is 0.866. The number of aryl methyl sites for hydroxylation is 2. The molecule has 0 atom stereocenters. The molecule has 138 valence electrons. The number of nitrogens with one attached hydrogen (secondary N) is 2. The van der Waals surface area contributed by atoms with E-state index in [9.17, 15) is 9.59 Å². The van der Waals surface area contributed by atoms with Crippen LogP contribution < -0.4 is 15.5 Å². The van der Waals surface area contributed by atoms with Crippen LogP contribution in [0, 0.1) is 13.8 Å². The van der Waals surface area contributed by atoms with Gasteiger partial charge in [0.05, 0.1) is 7.11 Å². The van der Waals surface area contributed by atoms with Crippen molar-refractivity contribution in [1.82, 2.24) is 10.3 Å². The lowest BCUT2D eigenvalue weighted by Crippen LogP contribution is -2.39. The average Bonchev–Trinajstić information content (AvgIpc) is 3.09. The summed E-state index contributed by atoms with van der Waals surface area (Å²) in [5.74, 6) is -0.0653. The predicted octanol–water partition coefficient (Wildman–Crippen LogP) is 3.24. The van der Waals surface area contributed by atoms with Crippen molar-refractivity contribution in [3.63, 3.8) is 0 Å². The minimum Gasteiger partial charge on any atom is -0.491 e. The molecule has 5 nitrogen and oxygen atoms in total. The van der Waals surface area contributed by atoms with E-state index in [-0.39, 0.29) is 28.2 Å². The Hall–Kier alpha value is -2.56. The fourth-order valence-electron chi connectivity index (χ4n) is 3.99. The van der Waals surface area contributed by atoms with E-state index in [1.54, 1.807) is 0 Å². The monoisotopic (exact) mass is 354 g/mol. The third kappa shape index (κ3) is 3.66. The molecule has 0 radical (unpaired) electrons. The van der Waals surface area contributed by atoms with Crippen LogP contribution in [0.2, 0.25) is 0 Å². The zero-order valence-electron chi connectivity index (χ0n) is 15.6. The molecule has 0 aliphatic heterocycles. The highest BCUT2D eigenvalue weighted by atomic mass is 16.5. The number of pyridine rings is 1. The van der Waals surface area contributed by atoms with Gasteiger partial charge in [-0.3, -0.25) is 9.59 Å². The largest absolute Gasteiger partial charge is 0.491 e. The van der Waals surface area contributed by atoms with Crippen molar-refractivity contribution >= 4 is 5.91 Å². The topological polar surface area (TPSA) is 71.2 Å². The number of H-pyrrole nitrogens is 1. The number of methoxy groups -OCH3 is 1. The molecule has 0 unspecified atom stereocenters. The van der Waals surface area contributed by atoms with Crippen LogP contribution in [-0.2, 0) is 5.41 Å². The highest BCUT2D eigenvalue weighted by Gasteiger charge is 2.36. The number of aromatic nitrogens is 1. The minimum atomic E-state index is -0.304. The van der Waals surface area contributed by atoms with Gasteiger partial charge in [0, 0.05) is 24.2 Å². The number of hydrogen-bond donors (Lipinski definition) is 2. The lowest BCUT2D eigenvalue weighted by molar-refractivity contribution is 0.0938. The molecule has 0 spiro atoms. The van der Waals surface area contributed by atoms with E-state index >= 15 is 0 Å². The number of carbonyl (C=O) groups is 1. The summed E-state index contributed by atoms with van der Waals surface area (Å²) in [6.45, 7) is 4.79. The zero-order valence-corrected chi connectivity index (χ0v) is 15.6. The van der Waals surface area contributed by atoms with Gasteiger partial charge in [0.1, 0.15) is 5.69 Å². The van der Waals surface area contributed by atoms with Crippen LogP contribution in [0.15, 0.2) is 35.3 Å². The standard InChI is InChI=1S/C21H26N2O3/c1-14-8-15(2)10-16(9-14)21(6-4-5-7-21)13-23-20(25)17-11-18(24)19(26-3)12-22-17/h8-12H,4-7,13H2,1-3H3,(H,22,24)(H,23,25). The van der Waals surface area contributed by atoms with Gasteiger partial charge in [-0.2, -0.15) is 0 Å². The summed E-state index contributed by atoms with van der Waals surface area (Å²) in [5, 5.41) is 3.03. The second-order valence-electron chi connectivity index (χ2n) is 7.33. The molecule has 1 aliphatic rings. The molecule has 1 fully saturated rings. The molecule has 1 heterocycles. The van der Waals surface area contributed by atoms with Gasteiger partial charge in [-0.1, -0.05) is 42.2 Å². The maximum atomic E-state index is 12.5. The molecular formula is C21H26N2O3. The first-order chi connectivity index (χ1) is 12.4. The number of rotatable bonds is 5. The predicted molar refractivity (Wildman–Crippen MR) is 102 cm³/mol. The molecule has 1 amide bonds. The Bertz CT molecular complexity index is 844. The number of benzene rings is 1. The first-order valence-corrected chi connectivity index (χ1v) is 9.07. The molecule has 5 heteroatoms. The maximum absolute atomic E-state index is 12.5. The van der Waals surface area contributed by atoms with Crippen molar-refractivity contribution in [2.24, 2.45) is 0 Å². The summed E-state index contributed by atoms with van der Waals surface area (Å²) in [6, 6.07) is 7.93. The second kappa shape index (κ2) is 7.36. The molecule has 1 saturated carbocycles. The van der Waals surface area contributed by atoms with Crippen molar-refractivity contribution in [3.05, 3.63) is 63.1 Å². The molecule has 2 aromatic rings. The Morgan fingerprint density at radius 1 is 1.15 bits per heavy atom. The summed E-state index contributed by atoms with van der Waals surface area (Å²) < 4.78 is 4.94. The van der Waals surface area contributed by atoms with E-state index in [0.717, 1.165) is 12.8 Å². The Labute approximate surface area is 153 Å². The third-order valence-corrected chi connectivity index (χ3v) is 5.32. The van der Waals surface area contributed by atoms with E-state index in [1.807, 2.05) is 0 Å². The minimum absolute atomic E-state index is 0.0286. The number of hydrogen-bond acceptors (Lipinski definition) is 3. The van der Waals surface area contributed by atoms with Gasteiger partial charge in [-0.15, -0.1) is 0 Å². The fourth-order valence-corrected chi connectivity index (χ4v) is 3.99. The number of ether oxygens (including phenoxy) is 1. The second-order valence-corrected chi connectivity index (χ2v) is 7.33. The number of aromatic amines is 1. The van der Waals surface area contributed by atoms with E-state index in [1.165, 1.54) is 48.9 Å². The summed E-state index contributed by atoms with van der Waals surface area (Å²) >= 11 is 0. The van der Waals surface area contributed by atoms with Gasteiger partial charge in [0.25, 0.3) is 5.91 Å². The van der Waals surface area contributed by atoms with Gasteiger partial charge >= 0.3 is 0 Å². The summed E-state index contributed by atoms with van der Waals surface area (Å²) in [6.07, 6.45) is 5.89. The van der Waals surface area contributed by atoms with Crippen molar-refractivity contribution in [2.75, 3.05) is 13.7 Å². The maximum Gasteiger partial charge on any atom is 0.267 e. The molecule has 3 rings (SSSR count). The third-order valence-electron chi connectivity index (χ3n) is 5.32. The average molecular weight is 354 g/mol. The first kappa shape index (κ1) is 18.2. The van der Waals surface area contributed by atoms with Crippen molar-refractivity contribution in [3.8, 4) is 5.75 Å². The van der Waals surface area contributed by atoms with Crippen LogP contribution >= 0.6 is 0 Å². The van der Waals surface area contributed by atoms with Crippen LogP contribution in [0.1, 0.15) is 52.9 Å². The highest BCUT2D eigenvalue weighted by molar-refractivity contribution is 5.92. The molecule has 26 heavy (non-hydrogen) atoms. The Morgan fingerprint density at radius 2 is 1.81 bits per heavy atom. The molecule has 0 bridgehead atoms. The Morgan fingerprint density at radius 3 is 2.38 bits per heavy atom. The SMILES string of the molecule is COc1c[nH]c(C(=O)NCC2(c3cc(C)cc(C)c3)CCCC2)cc1=O. The fraction of sp³-hybridized carbons (Fsp3) is 0.429. The van der Waals surface area contributed by atoms with Crippen molar-refractivity contribution < 1.29 is 9.53 Å². The van der Waals surface area contributed by atoms with E-state index in [2.05, 4.69) is 42.3 Å². The molecule has 2 N–H and O–H groups in total. The van der Waals surface area contributed by atoms with Gasteiger partial charge in [0.2, 0.25) is 5.43 Å². The highest BCUT2D eigenvalue weighted by Crippen LogP contribution is 2.41. The summed E-state index contributed by atoms with van der Waals surface area (Å²) in [4.78, 5) is 27.2. The molecular weight excluding hydrogens is 328 g/mol. The van der Waals surface area contributed by atoms with Gasteiger partial charge < -0.3 is 15.0 Å². The lowest BCUT2D eigenvalue weighted by atomic mass is 9.77. The summed E-state index contributed by atoms with van der Waals surface area (Å²) in [7, 11) is 1.43. The molecule has 1 aliphatic carbocycles. The van der Waals surface area contributed by atoms with Crippen LogP contribution in [0.4, 0.5) is 0 Å².